The van der Waals surface area contributed by atoms with Crippen LogP contribution in [0.3, 0.4) is 0 Å². The molecule has 65 heavy (non-hydrogen) atoms. The first-order valence-electron chi connectivity index (χ1n) is 21.2. The zero-order valence-corrected chi connectivity index (χ0v) is 43.0. The van der Waals surface area contributed by atoms with Crippen LogP contribution < -0.4 is 64.1 Å². The van der Waals surface area contributed by atoms with Crippen molar-refractivity contribution in [2.45, 2.75) is 47.7 Å². The van der Waals surface area contributed by atoms with Crippen molar-refractivity contribution in [1.82, 2.24) is 0 Å². The number of hydrogen-bond acceptors (Lipinski definition) is 9. The Hall–Kier alpha value is -5.40. The molecule has 4 aromatic heterocycles. The Kier molecular flexibility index (Phi) is 21.3. The lowest BCUT2D eigenvalue weighted by atomic mass is 10.1. The van der Waals surface area contributed by atoms with Crippen molar-refractivity contribution < 1.29 is 58.1 Å². The van der Waals surface area contributed by atoms with Gasteiger partial charge in [-0.2, -0.15) is 9.13 Å². The lowest BCUT2D eigenvalue weighted by molar-refractivity contribution is -0.660. The van der Waals surface area contributed by atoms with Crippen molar-refractivity contribution in [1.29, 1.82) is 0 Å². The first-order chi connectivity index (χ1) is 31.1. The Labute approximate surface area is 413 Å². The van der Waals surface area contributed by atoms with Crippen LogP contribution in [0.2, 0.25) is 0 Å². The molecule has 0 saturated carbocycles. The van der Waals surface area contributed by atoms with Crippen LogP contribution in [-0.2, 0) is 13.1 Å². The second-order valence-corrected chi connectivity index (χ2v) is 16.1. The van der Waals surface area contributed by atoms with Crippen LogP contribution in [0, 0.1) is 31.6 Å². The van der Waals surface area contributed by atoms with Gasteiger partial charge in [-0.15, -0.1) is 22.1 Å². The van der Waals surface area contributed by atoms with Crippen LogP contribution in [0.25, 0.3) is 54.5 Å². The van der Waals surface area contributed by atoms with Gasteiger partial charge in [0.2, 0.25) is 29.1 Å². The van der Waals surface area contributed by atoms with Gasteiger partial charge in [0.05, 0.1) is 5.56 Å². The van der Waals surface area contributed by atoms with E-state index in [0.717, 1.165) is 63.6 Å². The fraction of sp³-hybridized carbons (Fsp3) is 0.235. The first kappa shape index (κ1) is 52.2. The number of anilines is 2. The number of aromatic nitrogens is 2. The van der Waals surface area contributed by atoms with Crippen LogP contribution in [0.4, 0.5) is 11.4 Å². The highest BCUT2D eigenvalue weighted by Gasteiger charge is 2.18. The topological polar surface area (TPSA) is 91.7 Å². The molecule has 0 aliphatic rings. The number of thiazole rings is 2. The number of terminal acetylenes is 2. The maximum Gasteiger partial charge on any atom is 0.346 e. The van der Waals surface area contributed by atoms with Crippen molar-refractivity contribution in [2.24, 2.45) is 0 Å². The summed E-state index contributed by atoms with van der Waals surface area (Å²) in [5.41, 5.74) is 5.14. The van der Waals surface area contributed by atoms with Crippen molar-refractivity contribution >= 4 is 104 Å². The van der Waals surface area contributed by atoms with Crippen LogP contribution in [-0.4, -0.2) is 39.1 Å². The number of benzene rings is 4. The Bertz CT molecular complexity index is 3110. The maximum absolute atomic E-state index is 12.6. The number of carbonyl (C=O) groups is 1. The number of halogens is 2. The van der Waals surface area contributed by atoms with Gasteiger partial charge in [0, 0.05) is 87.0 Å². The monoisotopic (exact) mass is 1060 g/mol. The SMILES string of the molecule is C#CC[n+]1c(/C=C/c2cc3ccc(N(CC)CC)cc3oc2=O)sc2ccccc21.C#CC[n+]1c(C)sc2ccccc21.CCN(CC)c1ccc2cc(C=O)c(=O)oc2c1.[3H]CP.[Br-].[Br-]. The van der Waals surface area contributed by atoms with Gasteiger partial charge in [0.1, 0.15) is 26.1 Å². The number of fused-ring (bicyclic) bond motifs is 4. The van der Waals surface area contributed by atoms with E-state index in [1.54, 1.807) is 34.8 Å². The van der Waals surface area contributed by atoms with E-state index in [1.165, 1.54) is 15.2 Å². The normalized spacial score (nSPS) is 10.5. The second kappa shape index (κ2) is 26.5. The Morgan fingerprint density at radius 2 is 1.12 bits per heavy atom. The van der Waals surface area contributed by atoms with Gasteiger partial charge in [-0.1, -0.05) is 53.6 Å². The molecule has 0 spiro atoms. The van der Waals surface area contributed by atoms with Gasteiger partial charge < -0.3 is 52.6 Å². The van der Waals surface area contributed by atoms with Crippen LogP contribution in [0.1, 0.15) is 55.0 Å². The fourth-order valence-electron chi connectivity index (χ4n) is 7.03. The standard InChI is InChI=1S/C25H23N2O2S.C14H15NO3.C11H10NS.CH5P.2BrH/c1-4-15-27-21-9-7-8-10-23(21)30-24(27)14-12-19-16-18-11-13-20(26(5-2)6-3)17-22(18)29-25(19)28;1-3-15(4-2)12-6-5-10-7-11(9-16)14(17)18-13(10)8-12;1-3-8-12-9(2)13-11-7-5-4-6-10(11)12;1-2;;/h1,7-14,16-17H,5-6,15H2,2-3H3;5-9H,3-4H2,1-2H3;1,4-7H,8H2,2H3;2H2,1H3;2*1H/q+1;;+1;;;/p-2/i;;;1T;;. The number of hydrogen-bond donors (Lipinski definition) is 0. The summed E-state index contributed by atoms with van der Waals surface area (Å²) < 4.78 is 23.7. The summed E-state index contributed by atoms with van der Waals surface area (Å²) >= 11 is 3.43. The first-order valence-corrected chi connectivity index (χ1v) is 23.0. The van der Waals surface area contributed by atoms with Crippen LogP contribution >= 0.6 is 31.9 Å². The van der Waals surface area contributed by atoms with E-state index in [-0.39, 0.29) is 45.2 Å². The Morgan fingerprint density at radius 3 is 1.62 bits per heavy atom. The van der Waals surface area contributed by atoms with Crippen molar-refractivity contribution in [2.75, 3.05) is 42.6 Å². The molecule has 0 N–H and O–H groups in total. The van der Waals surface area contributed by atoms with Gasteiger partial charge in [-0.3, -0.25) is 4.79 Å². The number of para-hydroxylation sites is 2. The van der Waals surface area contributed by atoms with Gasteiger partial charge in [-0.05, 0) is 94.1 Å². The molecule has 4 aromatic carbocycles. The van der Waals surface area contributed by atoms with E-state index in [0.29, 0.717) is 42.7 Å². The molecule has 0 aliphatic carbocycles. The summed E-state index contributed by atoms with van der Waals surface area (Å²) in [7, 11) is 2.25. The molecule has 14 heteroatoms. The summed E-state index contributed by atoms with van der Waals surface area (Å²) in [6, 6.07) is 31.6. The molecule has 9 nitrogen and oxygen atoms in total. The maximum atomic E-state index is 12.6. The Morgan fingerprint density at radius 1 is 0.677 bits per heavy atom. The summed E-state index contributed by atoms with van der Waals surface area (Å²) in [6.45, 7) is 15.6. The van der Waals surface area contributed by atoms with E-state index in [2.05, 4.69) is 111 Å². The minimum absolute atomic E-state index is 0. The summed E-state index contributed by atoms with van der Waals surface area (Å²) in [4.78, 5) is 39.1. The zero-order valence-electron chi connectivity index (χ0n) is 38.1. The predicted octanol–water partition coefficient (Wildman–Crippen LogP) is 4.03. The van der Waals surface area contributed by atoms with Gasteiger partial charge in [0.25, 0.3) is 5.01 Å². The molecule has 1 unspecified atom stereocenters. The van der Waals surface area contributed by atoms with E-state index in [9.17, 15) is 14.4 Å². The molecule has 8 aromatic rings. The lowest BCUT2D eigenvalue weighted by Crippen LogP contribution is -3.00. The predicted molar refractivity (Wildman–Crippen MR) is 268 cm³/mol. The van der Waals surface area contributed by atoms with Crippen molar-refractivity contribution in [3.8, 4) is 24.7 Å². The van der Waals surface area contributed by atoms with E-state index in [4.69, 9.17) is 23.1 Å². The summed E-state index contributed by atoms with van der Waals surface area (Å²) in [5.74, 6) is 5.38. The minimum Gasteiger partial charge on any atom is -1.00 e. The molecule has 4 heterocycles. The van der Waals surface area contributed by atoms with Crippen LogP contribution in [0.15, 0.2) is 115 Å². The molecular formula is C51H53Br2N4O5PS2. The molecule has 0 fully saturated rings. The van der Waals surface area contributed by atoms with Gasteiger partial charge in [-0.25, -0.2) is 9.59 Å². The third kappa shape index (κ3) is 13.1. The summed E-state index contributed by atoms with van der Waals surface area (Å²) in [5, 5.41) is 3.91. The molecule has 338 valence electrons. The van der Waals surface area contributed by atoms with Gasteiger partial charge in [0.15, 0.2) is 6.29 Å². The smallest absolute Gasteiger partial charge is 0.346 e. The molecule has 1 atom stereocenters. The van der Waals surface area contributed by atoms with Crippen LogP contribution in [0.5, 0.6) is 0 Å². The highest BCUT2D eigenvalue weighted by molar-refractivity contribution is 7.19. The zero-order chi connectivity index (χ0) is 46.2. The fourth-order valence-corrected chi connectivity index (χ4v) is 9.12. The average Bonchev–Trinajstić information content (AvgIpc) is 3.82. The number of nitrogens with zero attached hydrogens (tertiary/aromatic N) is 4. The van der Waals surface area contributed by atoms with E-state index < -0.39 is 5.63 Å². The second-order valence-electron chi connectivity index (χ2n) is 13.8. The van der Waals surface area contributed by atoms with E-state index in [1.807, 2.05) is 60.7 Å². The molecule has 0 aliphatic heterocycles. The van der Waals surface area contributed by atoms with Gasteiger partial charge >= 0.3 is 11.3 Å². The quantitative estimate of drug-likeness (QED) is 0.0637. The number of aldehydes is 1. The largest absolute Gasteiger partial charge is 1.00 e. The molecule has 0 saturated heterocycles. The van der Waals surface area contributed by atoms with E-state index >= 15 is 0 Å². The molecule has 0 radical (unpaired) electrons. The highest BCUT2D eigenvalue weighted by atomic mass is 79.9. The van der Waals surface area contributed by atoms with Crippen molar-refractivity contribution in [3.63, 3.8) is 0 Å². The minimum atomic E-state index is -0.589. The average molecular weight is 1060 g/mol. The summed E-state index contributed by atoms with van der Waals surface area (Å²) in [6.07, 6.45) is 15.1. The van der Waals surface area contributed by atoms with Crippen molar-refractivity contribution in [3.05, 3.63) is 139 Å². The number of rotatable bonds is 11. The highest BCUT2D eigenvalue weighted by Crippen LogP contribution is 2.25. The molecule has 0 bridgehead atoms. The Balaban J connectivity index is 0.000000273. The third-order valence-corrected chi connectivity index (χ3v) is 12.4. The number of aryl methyl sites for hydroxylation is 1. The lowest BCUT2D eigenvalue weighted by Gasteiger charge is -2.20. The molecule has 0 amide bonds. The number of carbonyl (C=O) groups excluding carboxylic acids is 1. The molecular weight excluding hydrogens is 1000 g/mol. The molecule has 8 rings (SSSR count). The third-order valence-electron chi connectivity index (χ3n) is 10.2.